The molecule has 0 aromatic rings. The lowest BCUT2D eigenvalue weighted by Crippen LogP contribution is -2.49. The molecular weight excluding hydrogens is 240 g/mol. The predicted molar refractivity (Wildman–Crippen MR) is 69.1 cm³/mol. The van der Waals surface area contributed by atoms with Gasteiger partial charge in [0.05, 0.1) is 6.26 Å². The van der Waals surface area contributed by atoms with Gasteiger partial charge >= 0.3 is 0 Å². The highest BCUT2D eigenvalue weighted by Gasteiger charge is 2.23. The average molecular weight is 264 g/mol. The topological polar surface area (TPSA) is 75.3 Å². The minimum absolute atomic E-state index is 0.0542. The first-order chi connectivity index (χ1) is 7.65. The van der Waals surface area contributed by atoms with E-state index < -0.39 is 16.1 Å². The van der Waals surface area contributed by atoms with Crippen LogP contribution in [0.15, 0.2) is 0 Å². The third-order valence-electron chi connectivity index (χ3n) is 2.38. The molecule has 0 radical (unpaired) electrons. The van der Waals surface area contributed by atoms with E-state index in [4.69, 9.17) is 0 Å². The van der Waals surface area contributed by atoms with Gasteiger partial charge in [0.1, 0.15) is 6.04 Å². The van der Waals surface area contributed by atoms with Crippen LogP contribution in [0.25, 0.3) is 0 Å². The van der Waals surface area contributed by atoms with Crippen molar-refractivity contribution in [3.63, 3.8) is 0 Å². The summed E-state index contributed by atoms with van der Waals surface area (Å²) in [7, 11) is -3.37. The summed E-state index contributed by atoms with van der Waals surface area (Å²) in [5.41, 5.74) is 0. The smallest absolute Gasteiger partial charge is 0.238 e. The Morgan fingerprint density at radius 1 is 1.24 bits per heavy atom. The Morgan fingerprint density at radius 2 is 1.76 bits per heavy atom. The third kappa shape index (κ3) is 8.15. The van der Waals surface area contributed by atoms with Gasteiger partial charge in [-0.1, -0.05) is 20.8 Å². The number of hydrogen-bond donors (Lipinski definition) is 2. The maximum atomic E-state index is 11.9. The fraction of sp³-hybridized carbons (Fsp3) is 0.909. The standard InChI is InChI=1S/C11H24N2O3S/c1-6-9(4)12-11(14)10(7-8(2)3)13-17(5,15)16/h8-10,13H,6-7H2,1-5H3,(H,12,14). The Morgan fingerprint density at radius 3 is 2.12 bits per heavy atom. The molecule has 0 heterocycles. The molecule has 1 amide bonds. The average Bonchev–Trinajstić information content (AvgIpc) is 2.13. The summed E-state index contributed by atoms with van der Waals surface area (Å²) in [5, 5.41) is 2.79. The zero-order chi connectivity index (χ0) is 13.6. The van der Waals surface area contributed by atoms with Crippen molar-refractivity contribution in [1.29, 1.82) is 0 Å². The van der Waals surface area contributed by atoms with E-state index in [-0.39, 0.29) is 17.9 Å². The normalized spacial score (nSPS) is 15.6. The number of carbonyl (C=O) groups is 1. The van der Waals surface area contributed by atoms with E-state index in [0.29, 0.717) is 6.42 Å². The number of hydrogen-bond acceptors (Lipinski definition) is 3. The molecule has 0 aliphatic carbocycles. The van der Waals surface area contributed by atoms with Gasteiger partial charge < -0.3 is 5.32 Å². The second-order valence-electron chi connectivity index (χ2n) is 4.89. The zero-order valence-corrected chi connectivity index (χ0v) is 12.1. The monoisotopic (exact) mass is 264 g/mol. The minimum Gasteiger partial charge on any atom is -0.352 e. The SMILES string of the molecule is CCC(C)NC(=O)C(CC(C)C)NS(C)(=O)=O. The molecule has 0 bridgehead atoms. The van der Waals surface area contributed by atoms with E-state index >= 15 is 0 Å². The van der Waals surface area contributed by atoms with Crippen molar-refractivity contribution in [3.05, 3.63) is 0 Å². The van der Waals surface area contributed by atoms with Gasteiger partial charge in [-0.15, -0.1) is 0 Å². The molecule has 2 N–H and O–H groups in total. The Labute approximate surface area is 104 Å². The molecule has 0 saturated carbocycles. The molecule has 102 valence electrons. The van der Waals surface area contributed by atoms with Crippen molar-refractivity contribution < 1.29 is 13.2 Å². The summed E-state index contributed by atoms with van der Waals surface area (Å²) in [6, 6.07) is -0.627. The first-order valence-electron chi connectivity index (χ1n) is 5.93. The molecule has 0 aliphatic rings. The maximum Gasteiger partial charge on any atom is 0.238 e. The molecule has 0 spiro atoms. The summed E-state index contributed by atoms with van der Waals surface area (Å²) in [5.74, 6) is -0.00425. The summed E-state index contributed by atoms with van der Waals surface area (Å²) in [6.07, 6.45) is 2.38. The molecule has 2 atom stereocenters. The Kier molecular flexibility index (Phi) is 6.70. The van der Waals surface area contributed by atoms with E-state index in [1.807, 2.05) is 27.7 Å². The van der Waals surface area contributed by atoms with Crippen molar-refractivity contribution in [2.24, 2.45) is 5.92 Å². The van der Waals surface area contributed by atoms with Gasteiger partial charge in [-0.25, -0.2) is 13.1 Å². The van der Waals surface area contributed by atoms with Crippen molar-refractivity contribution in [1.82, 2.24) is 10.0 Å². The molecule has 0 saturated heterocycles. The first-order valence-corrected chi connectivity index (χ1v) is 7.82. The lowest BCUT2D eigenvalue weighted by molar-refractivity contribution is -0.123. The molecule has 2 unspecified atom stereocenters. The van der Waals surface area contributed by atoms with Crippen LogP contribution < -0.4 is 10.0 Å². The van der Waals surface area contributed by atoms with Crippen LogP contribution in [0, 0.1) is 5.92 Å². The lowest BCUT2D eigenvalue weighted by atomic mass is 10.0. The largest absolute Gasteiger partial charge is 0.352 e. The third-order valence-corrected chi connectivity index (χ3v) is 3.09. The summed E-state index contributed by atoms with van der Waals surface area (Å²) in [6.45, 7) is 7.76. The minimum atomic E-state index is -3.37. The van der Waals surface area contributed by atoms with Crippen molar-refractivity contribution >= 4 is 15.9 Å². The highest BCUT2D eigenvalue weighted by atomic mass is 32.2. The van der Waals surface area contributed by atoms with E-state index in [9.17, 15) is 13.2 Å². The summed E-state index contributed by atoms with van der Waals surface area (Å²) < 4.78 is 24.8. The van der Waals surface area contributed by atoms with Crippen molar-refractivity contribution in [3.8, 4) is 0 Å². The summed E-state index contributed by atoms with van der Waals surface area (Å²) >= 11 is 0. The highest BCUT2D eigenvalue weighted by Crippen LogP contribution is 2.06. The van der Waals surface area contributed by atoms with Gasteiger partial charge in [-0.2, -0.15) is 0 Å². The first kappa shape index (κ1) is 16.4. The Hall–Kier alpha value is -0.620. The van der Waals surface area contributed by atoms with Crippen LogP contribution in [-0.4, -0.2) is 32.7 Å². The number of carbonyl (C=O) groups excluding carboxylic acids is 1. The van der Waals surface area contributed by atoms with Gasteiger partial charge in [0.2, 0.25) is 15.9 Å². The molecule has 6 heteroatoms. The van der Waals surface area contributed by atoms with Crippen LogP contribution >= 0.6 is 0 Å². The molecular formula is C11H24N2O3S. The number of rotatable bonds is 7. The Bertz CT molecular complexity index is 339. The van der Waals surface area contributed by atoms with Gasteiger partial charge in [-0.3, -0.25) is 4.79 Å². The van der Waals surface area contributed by atoms with Crippen molar-refractivity contribution in [2.75, 3.05) is 6.26 Å². The molecule has 5 nitrogen and oxygen atoms in total. The lowest BCUT2D eigenvalue weighted by Gasteiger charge is -2.21. The molecule has 0 aliphatic heterocycles. The highest BCUT2D eigenvalue weighted by molar-refractivity contribution is 7.88. The second kappa shape index (κ2) is 6.96. The van der Waals surface area contributed by atoms with E-state index in [0.717, 1.165) is 12.7 Å². The quantitative estimate of drug-likeness (QED) is 0.716. The predicted octanol–water partition coefficient (Wildman–Crippen LogP) is 0.865. The van der Waals surface area contributed by atoms with Crippen LogP contribution in [0.4, 0.5) is 0 Å². The van der Waals surface area contributed by atoms with Crippen LogP contribution in [-0.2, 0) is 14.8 Å². The van der Waals surface area contributed by atoms with E-state index in [1.165, 1.54) is 0 Å². The molecule has 0 aromatic heterocycles. The van der Waals surface area contributed by atoms with E-state index in [2.05, 4.69) is 10.0 Å². The fourth-order valence-corrected chi connectivity index (χ4v) is 2.10. The summed E-state index contributed by atoms with van der Waals surface area (Å²) in [4.78, 5) is 11.9. The van der Waals surface area contributed by atoms with Crippen molar-refractivity contribution in [2.45, 2.75) is 52.6 Å². The van der Waals surface area contributed by atoms with Gasteiger partial charge in [0.25, 0.3) is 0 Å². The molecule has 0 fully saturated rings. The van der Waals surface area contributed by atoms with Crippen LogP contribution in [0.3, 0.4) is 0 Å². The Balaban J connectivity index is 4.62. The van der Waals surface area contributed by atoms with Gasteiger partial charge in [0.15, 0.2) is 0 Å². The maximum absolute atomic E-state index is 11.9. The van der Waals surface area contributed by atoms with Gasteiger partial charge in [0, 0.05) is 6.04 Å². The number of sulfonamides is 1. The fourth-order valence-electron chi connectivity index (χ4n) is 1.38. The van der Waals surface area contributed by atoms with Crippen LogP contribution in [0.1, 0.15) is 40.5 Å². The van der Waals surface area contributed by atoms with E-state index in [1.54, 1.807) is 0 Å². The number of nitrogens with one attached hydrogen (secondary N) is 2. The second-order valence-corrected chi connectivity index (χ2v) is 6.67. The van der Waals surface area contributed by atoms with Crippen LogP contribution in [0.2, 0.25) is 0 Å². The molecule has 17 heavy (non-hydrogen) atoms. The number of amides is 1. The van der Waals surface area contributed by atoms with Crippen LogP contribution in [0.5, 0.6) is 0 Å². The van der Waals surface area contributed by atoms with Gasteiger partial charge in [-0.05, 0) is 25.7 Å². The zero-order valence-electron chi connectivity index (χ0n) is 11.3. The molecule has 0 aromatic carbocycles. The molecule has 0 rings (SSSR count).